The van der Waals surface area contributed by atoms with Crippen LogP contribution in [0.5, 0.6) is 0 Å². The van der Waals surface area contributed by atoms with Crippen molar-refractivity contribution in [3.63, 3.8) is 0 Å². The number of sulfonamides is 1. The van der Waals surface area contributed by atoms with Crippen LogP contribution in [0.2, 0.25) is 0 Å². The first-order valence-corrected chi connectivity index (χ1v) is 12.6. The number of amides is 1. The minimum absolute atomic E-state index is 0.211. The lowest BCUT2D eigenvalue weighted by Gasteiger charge is -2.15. The molecular formula is C26H28N2O4S. The highest BCUT2D eigenvalue weighted by Gasteiger charge is 2.27. The third-order valence-corrected chi connectivity index (χ3v) is 7.83. The minimum Gasteiger partial charge on any atom is -0.388 e. The number of aryl methyl sites for hydroxylation is 1. The Bertz CT molecular complexity index is 1170. The zero-order valence-electron chi connectivity index (χ0n) is 18.4. The van der Waals surface area contributed by atoms with Crippen LogP contribution in [0, 0.1) is 0 Å². The molecule has 0 saturated carbocycles. The van der Waals surface area contributed by atoms with Crippen LogP contribution in [0.1, 0.15) is 46.9 Å². The van der Waals surface area contributed by atoms with E-state index in [9.17, 15) is 18.3 Å². The quantitative estimate of drug-likeness (QED) is 0.518. The predicted octanol–water partition coefficient (Wildman–Crippen LogP) is 4.39. The number of hydrogen-bond donors (Lipinski definition) is 2. The first-order chi connectivity index (χ1) is 15.9. The largest absolute Gasteiger partial charge is 0.388 e. The molecule has 1 amide bonds. The van der Waals surface area contributed by atoms with Gasteiger partial charge in [0.25, 0.3) is 5.91 Å². The molecule has 0 bridgehead atoms. The normalized spacial score (nSPS) is 15.3. The van der Waals surface area contributed by atoms with Crippen LogP contribution in [0.4, 0.5) is 5.69 Å². The Labute approximate surface area is 194 Å². The zero-order chi connectivity index (χ0) is 23.3. The number of aliphatic hydroxyl groups excluding tert-OH is 1. The molecule has 4 rings (SSSR count). The van der Waals surface area contributed by atoms with Crippen molar-refractivity contribution in [3.8, 4) is 0 Å². The van der Waals surface area contributed by atoms with Crippen LogP contribution in [0.3, 0.4) is 0 Å². The number of anilines is 1. The van der Waals surface area contributed by atoms with E-state index in [0.29, 0.717) is 30.8 Å². The van der Waals surface area contributed by atoms with E-state index >= 15 is 0 Å². The van der Waals surface area contributed by atoms with Crippen molar-refractivity contribution in [3.05, 3.63) is 95.6 Å². The summed E-state index contributed by atoms with van der Waals surface area (Å²) in [4.78, 5) is 12.8. The van der Waals surface area contributed by atoms with Gasteiger partial charge in [0, 0.05) is 24.3 Å². The van der Waals surface area contributed by atoms with Gasteiger partial charge in [-0.05, 0) is 73.2 Å². The van der Waals surface area contributed by atoms with Crippen molar-refractivity contribution in [1.29, 1.82) is 0 Å². The van der Waals surface area contributed by atoms with E-state index in [2.05, 4.69) is 5.32 Å². The SMILES string of the molecule is O=C(Nc1ccc(CCC(O)c2ccccc2)cc1)c1ccc(S(=O)(=O)N2CCCC2)cc1. The molecule has 0 aliphatic carbocycles. The summed E-state index contributed by atoms with van der Waals surface area (Å²) in [5.74, 6) is -0.299. The maximum atomic E-state index is 12.6. The minimum atomic E-state index is -3.49. The third kappa shape index (κ3) is 5.68. The summed E-state index contributed by atoms with van der Waals surface area (Å²) in [6.45, 7) is 1.09. The summed E-state index contributed by atoms with van der Waals surface area (Å²) >= 11 is 0. The van der Waals surface area contributed by atoms with E-state index in [-0.39, 0.29) is 10.8 Å². The van der Waals surface area contributed by atoms with Crippen molar-refractivity contribution in [2.24, 2.45) is 0 Å². The van der Waals surface area contributed by atoms with E-state index in [0.717, 1.165) is 30.4 Å². The van der Waals surface area contributed by atoms with Crippen molar-refractivity contribution in [1.82, 2.24) is 4.31 Å². The highest BCUT2D eigenvalue weighted by Crippen LogP contribution is 2.22. The van der Waals surface area contributed by atoms with Gasteiger partial charge in [0.2, 0.25) is 10.0 Å². The van der Waals surface area contributed by atoms with Gasteiger partial charge in [-0.2, -0.15) is 4.31 Å². The number of benzene rings is 3. The lowest BCUT2D eigenvalue weighted by atomic mass is 10.0. The number of carbonyl (C=O) groups excluding carboxylic acids is 1. The van der Waals surface area contributed by atoms with Gasteiger partial charge in [-0.1, -0.05) is 42.5 Å². The highest BCUT2D eigenvalue weighted by atomic mass is 32.2. The fourth-order valence-electron chi connectivity index (χ4n) is 3.96. The second kappa shape index (κ2) is 10.3. The summed E-state index contributed by atoms with van der Waals surface area (Å²) in [6.07, 6.45) is 2.58. The molecule has 3 aromatic carbocycles. The molecule has 1 aliphatic heterocycles. The number of nitrogens with zero attached hydrogens (tertiary/aromatic N) is 1. The maximum Gasteiger partial charge on any atom is 0.255 e. The molecular weight excluding hydrogens is 436 g/mol. The topological polar surface area (TPSA) is 86.7 Å². The van der Waals surface area contributed by atoms with Crippen LogP contribution in [-0.2, 0) is 16.4 Å². The van der Waals surface area contributed by atoms with Gasteiger partial charge in [0.15, 0.2) is 0 Å². The van der Waals surface area contributed by atoms with E-state index < -0.39 is 16.1 Å². The molecule has 1 fully saturated rings. The number of carbonyl (C=O) groups is 1. The summed E-state index contributed by atoms with van der Waals surface area (Å²) in [6, 6.07) is 23.2. The molecule has 2 N–H and O–H groups in total. The van der Waals surface area contributed by atoms with Gasteiger partial charge in [0.1, 0.15) is 0 Å². The maximum absolute atomic E-state index is 12.6. The predicted molar refractivity (Wildman–Crippen MR) is 129 cm³/mol. The molecule has 1 unspecified atom stereocenters. The first-order valence-electron chi connectivity index (χ1n) is 11.2. The van der Waals surface area contributed by atoms with Crippen LogP contribution >= 0.6 is 0 Å². The standard InChI is InChI=1S/C26H28N2O4S/c29-25(21-6-2-1-3-7-21)17-10-20-8-13-23(14-9-20)27-26(30)22-11-15-24(16-12-22)33(31,32)28-18-4-5-19-28/h1-3,6-9,11-16,25,29H,4-5,10,17-19H2,(H,27,30). The fourth-order valence-corrected chi connectivity index (χ4v) is 5.48. The lowest BCUT2D eigenvalue weighted by molar-refractivity contribution is 0.102. The van der Waals surface area contributed by atoms with Crippen LogP contribution in [0.25, 0.3) is 0 Å². The van der Waals surface area contributed by atoms with E-state index in [1.807, 2.05) is 54.6 Å². The summed E-state index contributed by atoms with van der Waals surface area (Å²) < 4.78 is 26.7. The smallest absolute Gasteiger partial charge is 0.255 e. The zero-order valence-corrected chi connectivity index (χ0v) is 19.2. The lowest BCUT2D eigenvalue weighted by Crippen LogP contribution is -2.27. The van der Waals surface area contributed by atoms with Crippen molar-refractivity contribution in [2.45, 2.75) is 36.7 Å². The fraction of sp³-hybridized carbons (Fsp3) is 0.269. The molecule has 33 heavy (non-hydrogen) atoms. The molecule has 1 saturated heterocycles. The summed E-state index contributed by atoms with van der Waals surface area (Å²) in [5, 5.41) is 13.2. The van der Waals surface area contributed by atoms with Crippen LogP contribution in [0.15, 0.2) is 83.8 Å². The summed E-state index contributed by atoms with van der Waals surface area (Å²) in [5.41, 5.74) is 3.02. The molecule has 1 aliphatic rings. The molecule has 0 radical (unpaired) electrons. The average molecular weight is 465 g/mol. The van der Waals surface area contributed by atoms with E-state index in [1.165, 1.54) is 28.6 Å². The summed E-state index contributed by atoms with van der Waals surface area (Å²) in [7, 11) is -3.49. The molecule has 172 valence electrons. The monoisotopic (exact) mass is 464 g/mol. The number of hydrogen-bond acceptors (Lipinski definition) is 4. The molecule has 3 aromatic rings. The average Bonchev–Trinajstić information content (AvgIpc) is 3.40. The van der Waals surface area contributed by atoms with Gasteiger partial charge in [-0.15, -0.1) is 0 Å². The Morgan fingerprint density at radius 3 is 2.18 bits per heavy atom. The molecule has 0 spiro atoms. The van der Waals surface area contributed by atoms with Gasteiger partial charge < -0.3 is 10.4 Å². The Morgan fingerprint density at radius 1 is 0.909 bits per heavy atom. The van der Waals surface area contributed by atoms with Crippen molar-refractivity contribution < 1.29 is 18.3 Å². The van der Waals surface area contributed by atoms with Gasteiger partial charge >= 0.3 is 0 Å². The molecule has 7 heteroatoms. The number of rotatable bonds is 8. The van der Waals surface area contributed by atoms with Crippen LogP contribution in [-0.4, -0.2) is 36.8 Å². The Hall–Kier alpha value is -3.00. The third-order valence-electron chi connectivity index (χ3n) is 5.92. The van der Waals surface area contributed by atoms with E-state index in [1.54, 1.807) is 0 Å². The number of aliphatic hydroxyl groups is 1. The molecule has 1 heterocycles. The first kappa shape index (κ1) is 23.2. The van der Waals surface area contributed by atoms with Gasteiger partial charge in [-0.25, -0.2) is 8.42 Å². The molecule has 1 atom stereocenters. The Morgan fingerprint density at radius 2 is 1.55 bits per heavy atom. The van der Waals surface area contributed by atoms with Gasteiger partial charge in [-0.3, -0.25) is 4.79 Å². The molecule has 6 nitrogen and oxygen atoms in total. The highest BCUT2D eigenvalue weighted by molar-refractivity contribution is 7.89. The van der Waals surface area contributed by atoms with Gasteiger partial charge in [0.05, 0.1) is 11.0 Å². The van der Waals surface area contributed by atoms with Crippen molar-refractivity contribution in [2.75, 3.05) is 18.4 Å². The second-order valence-corrected chi connectivity index (χ2v) is 10.2. The second-order valence-electron chi connectivity index (χ2n) is 8.25. The van der Waals surface area contributed by atoms with Crippen LogP contribution < -0.4 is 5.32 Å². The Kier molecular flexibility index (Phi) is 7.23. The number of nitrogens with one attached hydrogen (secondary N) is 1. The van der Waals surface area contributed by atoms with Crippen molar-refractivity contribution >= 4 is 21.6 Å². The molecule has 0 aromatic heterocycles. The van der Waals surface area contributed by atoms with E-state index in [4.69, 9.17) is 0 Å². The Balaban J connectivity index is 1.33.